The highest BCUT2D eigenvalue weighted by Gasteiger charge is 2.41. The van der Waals surface area contributed by atoms with Crippen molar-refractivity contribution in [2.75, 3.05) is 26.8 Å². The fraction of sp³-hybridized carbons (Fsp3) is 0.696. The molecule has 0 radical (unpaired) electrons. The number of hydrogen-bond donors (Lipinski definition) is 1. The summed E-state index contributed by atoms with van der Waals surface area (Å²) in [6.45, 7) is 10.9. The first kappa shape index (κ1) is 25.6. The molecule has 32 heavy (non-hydrogen) atoms. The van der Waals surface area contributed by atoms with Gasteiger partial charge in [0.1, 0.15) is 10.5 Å². The smallest absolute Gasteiger partial charge is 0.254 e. The number of nitrogens with one attached hydrogen (secondary N) is 1. The van der Waals surface area contributed by atoms with E-state index in [0.717, 1.165) is 18.4 Å². The number of ether oxygens (including phenoxy) is 3. The van der Waals surface area contributed by atoms with Crippen LogP contribution in [-0.4, -0.2) is 58.8 Å². The van der Waals surface area contributed by atoms with Crippen LogP contribution in [0.3, 0.4) is 0 Å². The van der Waals surface area contributed by atoms with E-state index in [-0.39, 0.29) is 24.5 Å². The fourth-order valence-electron chi connectivity index (χ4n) is 4.12. The molecule has 1 amide bonds. The number of rotatable bonds is 6. The van der Waals surface area contributed by atoms with Crippen LogP contribution in [0.5, 0.6) is 5.75 Å². The Kier molecular flexibility index (Phi) is 8.06. The van der Waals surface area contributed by atoms with E-state index in [0.29, 0.717) is 23.9 Å². The summed E-state index contributed by atoms with van der Waals surface area (Å²) >= 11 is 5.03. The first-order valence-corrected chi connectivity index (χ1v) is 12.6. The summed E-state index contributed by atoms with van der Waals surface area (Å²) < 4.78 is 32.8. The third-order valence-corrected chi connectivity index (χ3v) is 7.74. The van der Waals surface area contributed by atoms with Crippen molar-refractivity contribution in [2.24, 2.45) is 5.92 Å². The van der Waals surface area contributed by atoms with Gasteiger partial charge in [-0.1, -0.05) is 11.6 Å². The second-order valence-electron chi connectivity index (χ2n) is 9.84. The number of piperidine rings is 1. The van der Waals surface area contributed by atoms with Crippen molar-refractivity contribution < 1.29 is 23.6 Å². The van der Waals surface area contributed by atoms with Gasteiger partial charge in [-0.3, -0.25) is 4.79 Å². The molecule has 3 atom stereocenters. The molecule has 1 aromatic carbocycles. The quantitative estimate of drug-likeness (QED) is 0.615. The van der Waals surface area contributed by atoms with Crippen LogP contribution in [0.15, 0.2) is 18.2 Å². The van der Waals surface area contributed by atoms with E-state index in [1.54, 1.807) is 13.2 Å². The van der Waals surface area contributed by atoms with E-state index >= 15 is 0 Å². The van der Waals surface area contributed by atoms with E-state index in [1.807, 2.05) is 51.7 Å². The van der Waals surface area contributed by atoms with Crippen molar-refractivity contribution in [3.63, 3.8) is 0 Å². The number of hydrogen-bond acceptors (Lipinski definition) is 6. The van der Waals surface area contributed by atoms with Crippen LogP contribution in [0.4, 0.5) is 0 Å². The molecule has 2 fully saturated rings. The minimum atomic E-state index is -1.28. The molecule has 2 heterocycles. The van der Waals surface area contributed by atoms with Crippen LogP contribution in [0, 0.1) is 5.92 Å². The van der Waals surface area contributed by atoms with Crippen LogP contribution >= 0.6 is 11.6 Å². The van der Waals surface area contributed by atoms with Crippen molar-refractivity contribution in [3.8, 4) is 5.75 Å². The second kappa shape index (κ2) is 10.1. The summed E-state index contributed by atoms with van der Waals surface area (Å²) in [5, 5.41) is 0.600. The molecule has 2 aliphatic rings. The van der Waals surface area contributed by atoms with Crippen molar-refractivity contribution >= 4 is 28.9 Å². The molecule has 2 aliphatic heterocycles. The first-order valence-electron chi connectivity index (χ1n) is 11.0. The van der Waals surface area contributed by atoms with Gasteiger partial charge < -0.3 is 23.7 Å². The maximum Gasteiger partial charge on any atom is 0.254 e. The van der Waals surface area contributed by atoms with E-state index in [2.05, 4.69) is 4.72 Å². The van der Waals surface area contributed by atoms with E-state index in [9.17, 15) is 9.35 Å². The summed E-state index contributed by atoms with van der Waals surface area (Å²) in [5.41, 5.74) is 0.886. The number of carbonyl (C=O) groups excluding carboxylic acids is 1. The number of likely N-dealkylation sites (tertiary alicyclic amines) is 1. The highest BCUT2D eigenvalue weighted by atomic mass is 35.5. The molecular weight excluding hydrogens is 452 g/mol. The zero-order valence-electron chi connectivity index (χ0n) is 19.8. The highest BCUT2D eigenvalue weighted by molar-refractivity contribution is 7.90. The van der Waals surface area contributed by atoms with Crippen LogP contribution in [0.1, 0.15) is 59.1 Å². The van der Waals surface area contributed by atoms with Gasteiger partial charge in [-0.15, -0.1) is 4.72 Å². The average molecular weight is 487 g/mol. The number of carbonyl (C=O) groups is 1. The van der Waals surface area contributed by atoms with Gasteiger partial charge in [-0.25, -0.2) is 0 Å². The SMILES string of the molecule is COc1ccc(Cl)cc1C(N[S@@+]([O-])C(C)(C)C)C1CCN(C(=O)[C@H]2COC(C)(C)O2)CC1. The molecule has 9 heteroatoms. The Labute approximate surface area is 199 Å². The van der Waals surface area contributed by atoms with Gasteiger partial charge in [-0.2, -0.15) is 0 Å². The molecule has 7 nitrogen and oxygen atoms in total. The van der Waals surface area contributed by atoms with E-state index in [4.69, 9.17) is 25.8 Å². The van der Waals surface area contributed by atoms with Gasteiger partial charge in [0.05, 0.1) is 19.8 Å². The van der Waals surface area contributed by atoms with Crippen molar-refractivity contribution in [1.82, 2.24) is 9.62 Å². The van der Waals surface area contributed by atoms with Crippen molar-refractivity contribution in [2.45, 2.75) is 70.1 Å². The molecule has 0 spiro atoms. The largest absolute Gasteiger partial charge is 0.598 e. The van der Waals surface area contributed by atoms with Gasteiger partial charge in [0.25, 0.3) is 5.91 Å². The van der Waals surface area contributed by atoms with Crippen LogP contribution in [0.25, 0.3) is 0 Å². The molecule has 0 aliphatic carbocycles. The van der Waals surface area contributed by atoms with Crippen molar-refractivity contribution in [1.29, 1.82) is 0 Å². The minimum Gasteiger partial charge on any atom is -0.598 e. The lowest BCUT2D eigenvalue weighted by Gasteiger charge is -2.38. The fourth-order valence-corrected chi connectivity index (χ4v) is 5.20. The Morgan fingerprint density at radius 3 is 2.53 bits per heavy atom. The number of amides is 1. The number of halogens is 1. The normalized spacial score (nSPS) is 23.8. The number of benzene rings is 1. The summed E-state index contributed by atoms with van der Waals surface area (Å²) in [5.74, 6) is 0.107. The lowest BCUT2D eigenvalue weighted by atomic mass is 9.85. The molecule has 2 saturated heterocycles. The van der Waals surface area contributed by atoms with Gasteiger partial charge >= 0.3 is 0 Å². The Balaban J connectivity index is 1.75. The maximum atomic E-state index is 13.0. The predicted octanol–water partition coefficient (Wildman–Crippen LogP) is 3.83. The molecule has 1 aromatic rings. The molecule has 180 valence electrons. The third-order valence-electron chi connectivity index (χ3n) is 5.92. The lowest BCUT2D eigenvalue weighted by Crippen LogP contribution is -2.48. The van der Waals surface area contributed by atoms with Crippen LogP contribution < -0.4 is 9.46 Å². The summed E-state index contributed by atoms with van der Waals surface area (Å²) in [7, 11) is 1.62. The Morgan fingerprint density at radius 2 is 2.00 bits per heavy atom. The van der Waals surface area contributed by atoms with E-state index in [1.165, 1.54) is 0 Å². The second-order valence-corrected chi connectivity index (χ2v) is 12.3. The third kappa shape index (κ3) is 6.10. The minimum absolute atomic E-state index is 0.0304. The number of methoxy groups -OCH3 is 1. The Bertz CT molecular complexity index is 808. The van der Waals surface area contributed by atoms with Gasteiger partial charge in [0.2, 0.25) is 0 Å². The van der Waals surface area contributed by atoms with Crippen molar-refractivity contribution in [3.05, 3.63) is 28.8 Å². The van der Waals surface area contributed by atoms with E-state index < -0.39 is 28.0 Å². The number of nitrogens with zero attached hydrogens (tertiary/aromatic N) is 1. The molecule has 0 bridgehead atoms. The van der Waals surface area contributed by atoms with Gasteiger partial charge in [0.15, 0.2) is 11.9 Å². The highest BCUT2D eigenvalue weighted by Crippen LogP contribution is 2.38. The molecule has 3 rings (SSSR count). The molecule has 1 N–H and O–H groups in total. The molecule has 1 unspecified atom stereocenters. The lowest BCUT2D eigenvalue weighted by molar-refractivity contribution is -0.161. The summed E-state index contributed by atoms with van der Waals surface area (Å²) in [6, 6.07) is 5.28. The predicted molar refractivity (Wildman–Crippen MR) is 126 cm³/mol. The molecule has 0 aromatic heterocycles. The van der Waals surface area contributed by atoms with Crippen LogP contribution in [0.2, 0.25) is 5.02 Å². The monoisotopic (exact) mass is 486 g/mol. The topological polar surface area (TPSA) is 83.1 Å². The summed E-state index contributed by atoms with van der Waals surface area (Å²) in [4.78, 5) is 14.8. The zero-order valence-corrected chi connectivity index (χ0v) is 21.3. The molecular formula is C23H35ClN2O5S. The Hall–Kier alpha value is -1.03. The first-order chi connectivity index (χ1) is 14.9. The average Bonchev–Trinajstić information content (AvgIpc) is 3.10. The zero-order chi connectivity index (χ0) is 23.7. The standard InChI is InChI=1S/C23H35ClN2O5S/c1-22(2,3)32(28)25-20(17-13-16(24)7-8-18(17)29-6)15-9-11-26(12-10-15)21(27)19-14-30-23(4,5)31-19/h7-8,13,15,19-20,25H,9-12,14H2,1-6H3/t19-,20?,32+/m1/s1. The van der Waals surface area contributed by atoms with Gasteiger partial charge in [0, 0.05) is 35.0 Å². The summed E-state index contributed by atoms with van der Waals surface area (Å²) in [6.07, 6.45) is 0.964. The maximum absolute atomic E-state index is 13.0. The van der Waals surface area contributed by atoms with Gasteiger partial charge in [-0.05, 0) is 71.6 Å². The van der Waals surface area contributed by atoms with Crippen LogP contribution in [-0.2, 0) is 25.6 Å². The Morgan fingerprint density at radius 1 is 1.34 bits per heavy atom. The molecule has 0 saturated carbocycles.